The Morgan fingerprint density at radius 3 is 1.81 bits per heavy atom. The highest BCUT2D eigenvalue weighted by atomic mass is 14.4. The Bertz CT molecular complexity index is 564. The summed E-state index contributed by atoms with van der Waals surface area (Å²) in [6.45, 7) is 4.69. The first kappa shape index (κ1) is 8.58. The Hall–Kier alpha value is -1.56. The third-order valence-corrected chi connectivity index (χ3v) is 4.28. The van der Waals surface area contributed by atoms with Crippen molar-refractivity contribution >= 4 is 0 Å². The molecule has 2 aliphatic rings. The Morgan fingerprint density at radius 1 is 0.812 bits per heavy atom. The molecule has 0 saturated heterocycles. The fraction of sp³-hybridized carbons (Fsp3) is 0.250. The van der Waals surface area contributed by atoms with Gasteiger partial charge in [0.05, 0.1) is 0 Å². The molecule has 0 amide bonds. The molecular formula is C16H14. The van der Waals surface area contributed by atoms with Gasteiger partial charge in [-0.3, -0.25) is 0 Å². The van der Waals surface area contributed by atoms with E-state index in [9.17, 15) is 0 Å². The molecule has 0 atom stereocenters. The fourth-order valence-electron chi connectivity index (χ4n) is 3.48. The van der Waals surface area contributed by atoms with Gasteiger partial charge in [-0.15, -0.1) is 0 Å². The topological polar surface area (TPSA) is 0 Å². The number of rotatable bonds is 0. The molecule has 0 N–H and O–H groups in total. The molecule has 78 valence electrons. The van der Waals surface area contributed by atoms with Crippen LogP contribution in [-0.2, 0) is 11.8 Å². The van der Waals surface area contributed by atoms with Crippen molar-refractivity contribution in [3.05, 3.63) is 58.7 Å². The van der Waals surface area contributed by atoms with Gasteiger partial charge < -0.3 is 0 Å². The zero-order chi connectivity index (χ0) is 10.9. The maximum absolute atomic E-state index is 2.34. The molecule has 0 bridgehead atoms. The Morgan fingerprint density at radius 2 is 1.31 bits per heavy atom. The van der Waals surface area contributed by atoms with Crippen molar-refractivity contribution < 1.29 is 0 Å². The molecule has 4 rings (SSSR count). The summed E-state index contributed by atoms with van der Waals surface area (Å²) in [6, 6.07) is 13.6. The van der Waals surface area contributed by atoms with E-state index in [0.717, 1.165) is 6.42 Å². The zero-order valence-electron chi connectivity index (χ0n) is 9.67. The van der Waals surface area contributed by atoms with E-state index in [-0.39, 0.29) is 5.41 Å². The molecule has 0 aliphatic heterocycles. The van der Waals surface area contributed by atoms with Gasteiger partial charge in [0.2, 0.25) is 0 Å². The normalized spacial score (nSPS) is 17.6. The van der Waals surface area contributed by atoms with Crippen LogP contribution in [0.5, 0.6) is 0 Å². The van der Waals surface area contributed by atoms with Crippen molar-refractivity contribution in [3.8, 4) is 11.1 Å². The molecule has 0 nitrogen and oxygen atoms in total. The largest absolute Gasteiger partial charge is 0.0616 e. The lowest BCUT2D eigenvalue weighted by Crippen LogP contribution is -2.15. The first-order chi connectivity index (χ1) is 7.69. The molecule has 0 unspecified atom stereocenters. The second-order valence-corrected chi connectivity index (χ2v) is 5.48. The molecule has 0 aromatic heterocycles. The molecule has 2 aromatic carbocycles. The first-order valence-electron chi connectivity index (χ1n) is 5.95. The Balaban J connectivity index is 2.25. The third kappa shape index (κ3) is 0.755. The third-order valence-electron chi connectivity index (χ3n) is 4.28. The van der Waals surface area contributed by atoms with E-state index in [1.807, 2.05) is 0 Å². The van der Waals surface area contributed by atoms with Crippen LogP contribution in [0.1, 0.15) is 36.1 Å². The van der Waals surface area contributed by atoms with Crippen LogP contribution in [0.25, 0.3) is 11.1 Å². The maximum Gasteiger partial charge on any atom is 0.0159 e. The minimum absolute atomic E-state index is 0.192. The van der Waals surface area contributed by atoms with Gasteiger partial charge in [0.25, 0.3) is 0 Å². The van der Waals surface area contributed by atoms with Gasteiger partial charge in [0, 0.05) is 5.41 Å². The molecule has 0 fully saturated rings. The highest BCUT2D eigenvalue weighted by molar-refractivity contribution is 5.89. The molecular weight excluding hydrogens is 192 g/mol. The average molecular weight is 206 g/mol. The predicted octanol–water partition coefficient (Wildman–Crippen LogP) is 3.90. The molecule has 2 aliphatic carbocycles. The van der Waals surface area contributed by atoms with E-state index in [1.165, 1.54) is 33.4 Å². The summed E-state index contributed by atoms with van der Waals surface area (Å²) in [7, 11) is 0. The van der Waals surface area contributed by atoms with E-state index in [4.69, 9.17) is 0 Å². The highest BCUT2D eigenvalue weighted by Gasteiger charge is 2.40. The second kappa shape index (κ2) is 2.40. The lowest BCUT2D eigenvalue weighted by atomic mass is 9.81. The average Bonchev–Trinajstić information content (AvgIpc) is 2.75. The monoisotopic (exact) mass is 206 g/mol. The van der Waals surface area contributed by atoms with E-state index in [1.54, 1.807) is 0 Å². The van der Waals surface area contributed by atoms with Gasteiger partial charge >= 0.3 is 0 Å². The van der Waals surface area contributed by atoms with Crippen molar-refractivity contribution in [1.82, 2.24) is 0 Å². The summed E-state index contributed by atoms with van der Waals surface area (Å²) >= 11 is 0. The number of benzene rings is 2. The second-order valence-electron chi connectivity index (χ2n) is 5.48. The van der Waals surface area contributed by atoms with E-state index in [0.29, 0.717) is 0 Å². The van der Waals surface area contributed by atoms with Crippen molar-refractivity contribution in [1.29, 1.82) is 0 Å². The lowest BCUT2D eigenvalue weighted by Gasteiger charge is -2.22. The summed E-state index contributed by atoms with van der Waals surface area (Å²) < 4.78 is 0. The molecule has 2 aromatic rings. The summed E-state index contributed by atoms with van der Waals surface area (Å²) in [5.41, 5.74) is 9.35. The molecule has 0 spiro atoms. The minimum Gasteiger partial charge on any atom is -0.0616 e. The summed E-state index contributed by atoms with van der Waals surface area (Å²) in [6.07, 6.45) is 1.13. The van der Waals surface area contributed by atoms with E-state index < -0.39 is 0 Å². The summed E-state index contributed by atoms with van der Waals surface area (Å²) in [5.74, 6) is 0. The van der Waals surface area contributed by atoms with Gasteiger partial charge in [-0.1, -0.05) is 50.2 Å². The molecule has 0 heteroatoms. The van der Waals surface area contributed by atoms with Crippen molar-refractivity contribution in [2.24, 2.45) is 0 Å². The molecule has 0 saturated carbocycles. The Kier molecular flexibility index (Phi) is 1.29. The van der Waals surface area contributed by atoms with Crippen molar-refractivity contribution in [2.75, 3.05) is 0 Å². The summed E-state index contributed by atoms with van der Waals surface area (Å²) in [5, 5.41) is 0. The number of hydrogen-bond donors (Lipinski definition) is 0. The quantitative estimate of drug-likeness (QED) is 0.523. The molecule has 16 heavy (non-hydrogen) atoms. The zero-order valence-corrected chi connectivity index (χ0v) is 9.67. The van der Waals surface area contributed by atoms with Gasteiger partial charge in [0.1, 0.15) is 0 Å². The van der Waals surface area contributed by atoms with Gasteiger partial charge in [-0.05, 0) is 39.8 Å². The minimum atomic E-state index is 0.192. The van der Waals surface area contributed by atoms with Gasteiger partial charge in [-0.25, -0.2) is 0 Å². The van der Waals surface area contributed by atoms with Gasteiger partial charge in [0.15, 0.2) is 0 Å². The van der Waals surface area contributed by atoms with Crippen LogP contribution in [0.3, 0.4) is 0 Å². The van der Waals surface area contributed by atoms with Crippen LogP contribution in [0.2, 0.25) is 0 Å². The van der Waals surface area contributed by atoms with E-state index in [2.05, 4.69) is 50.2 Å². The van der Waals surface area contributed by atoms with Crippen LogP contribution < -0.4 is 0 Å². The molecule has 0 heterocycles. The van der Waals surface area contributed by atoms with Crippen molar-refractivity contribution in [2.45, 2.75) is 25.7 Å². The molecule has 0 radical (unpaired) electrons. The lowest BCUT2D eigenvalue weighted by molar-refractivity contribution is 0.658. The standard InChI is InChI=1S/C16H14/c1-16(2)12-7-3-5-10-9-11-6-4-8-13(16)15(11)14(10)12/h3-8H,9H2,1-2H3. The van der Waals surface area contributed by atoms with Crippen LogP contribution in [0.15, 0.2) is 36.4 Å². The van der Waals surface area contributed by atoms with Crippen molar-refractivity contribution in [3.63, 3.8) is 0 Å². The Labute approximate surface area is 95.9 Å². The maximum atomic E-state index is 2.34. The van der Waals surface area contributed by atoms with Crippen LogP contribution >= 0.6 is 0 Å². The van der Waals surface area contributed by atoms with Crippen LogP contribution in [0.4, 0.5) is 0 Å². The predicted molar refractivity (Wildman–Crippen MR) is 66.8 cm³/mol. The summed E-state index contributed by atoms with van der Waals surface area (Å²) in [4.78, 5) is 0. The first-order valence-corrected chi connectivity index (χ1v) is 5.95. The van der Waals surface area contributed by atoms with Crippen LogP contribution in [-0.4, -0.2) is 0 Å². The fourth-order valence-corrected chi connectivity index (χ4v) is 3.48. The van der Waals surface area contributed by atoms with E-state index >= 15 is 0 Å². The number of hydrogen-bond acceptors (Lipinski definition) is 0. The van der Waals surface area contributed by atoms with Gasteiger partial charge in [-0.2, -0.15) is 0 Å². The smallest absolute Gasteiger partial charge is 0.0159 e. The van der Waals surface area contributed by atoms with Crippen LogP contribution in [0, 0.1) is 0 Å². The highest BCUT2D eigenvalue weighted by Crippen LogP contribution is 2.54. The SMILES string of the molecule is CC1(C)c2cccc3c2-c2c(cccc21)C3.